The minimum atomic E-state index is 0. The molecule has 1 aliphatic heterocycles. The van der Waals surface area contributed by atoms with Crippen LogP contribution in [0.1, 0.15) is 26.7 Å². The maximum absolute atomic E-state index is 3.25. The third kappa shape index (κ3) is 26.1. The van der Waals surface area contributed by atoms with E-state index in [-0.39, 0.29) is 78.2 Å². The molecule has 0 bridgehead atoms. The number of piperidine rings is 1. The van der Waals surface area contributed by atoms with Crippen LogP contribution in [-0.2, 0) is 39.6 Å². The van der Waals surface area contributed by atoms with Crippen LogP contribution in [0.5, 0.6) is 0 Å². The summed E-state index contributed by atoms with van der Waals surface area (Å²) in [4.78, 5) is 0. The van der Waals surface area contributed by atoms with E-state index in [1.54, 1.807) is 0 Å². The topological polar surface area (TPSA) is 12.0 Å². The second-order valence-corrected chi connectivity index (χ2v) is 2.69. The monoisotopic (exact) mass is 679 g/mol. The number of hydrogen-bond donors (Lipinski definition) is 1. The minimum Gasteiger partial charge on any atom is -0.358 e. The maximum atomic E-state index is 3.25. The Balaban J connectivity index is -0.0000000460. The number of benzene rings is 1. The van der Waals surface area contributed by atoms with Crippen LogP contribution in [0.25, 0.3) is 0 Å². The summed E-state index contributed by atoms with van der Waals surface area (Å²) in [5.74, 6) is 0. The first-order valence-electron chi connectivity index (χ1n) is 5.43. The van der Waals surface area contributed by atoms with Gasteiger partial charge in [-0.25, -0.2) is 0 Å². The molecule has 1 aromatic rings. The minimum absolute atomic E-state index is 0. The van der Waals surface area contributed by atoms with Crippen LogP contribution < -0.4 is 5.32 Å². The summed E-state index contributed by atoms with van der Waals surface area (Å²) in [5.41, 5.74) is 0. The van der Waals surface area contributed by atoms with Gasteiger partial charge < -0.3 is 19.2 Å². The molecule has 1 aromatic carbocycles. The Bertz CT molecular complexity index is 146. The molecule has 0 amide bonds. The van der Waals surface area contributed by atoms with Gasteiger partial charge in [-0.15, -0.1) is 0 Å². The van der Waals surface area contributed by atoms with Crippen molar-refractivity contribution in [2.45, 2.75) is 26.7 Å². The molecular formula is C14H24NUVW-3. The molecule has 1 radical (unpaired) electrons. The predicted molar refractivity (Wildman–Crippen MR) is 69.4 cm³/mol. The van der Waals surface area contributed by atoms with Crippen molar-refractivity contribution in [3.8, 4) is 0 Å². The zero-order chi connectivity index (χ0) is 10.5. The van der Waals surface area contributed by atoms with Gasteiger partial charge >= 0.3 is 0 Å². The molecular weight excluding hydrogens is 655 g/mol. The number of hydrogen-bond acceptors (Lipinski definition) is 1. The molecule has 0 unspecified atom stereocenters. The van der Waals surface area contributed by atoms with Gasteiger partial charge in [0.05, 0.1) is 0 Å². The third-order valence-corrected chi connectivity index (χ3v) is 1.66. The fourth-order valence-electron chi connectivity index (χ4n) is 1.02. The first-order chi connectivity index (χ1) is 7.00. The van der Waals surface area contributed by atoms with Gasteiger partial charge in [-0.1, -0.05) is 13.8 Å². The zero-order valence-corrected chi connectivity index (χ0v) is 20.1. The summed E-state index contributed by atoms with van der Waals surface area (Å²) in [5, 5.41) is 3.25. The second kappa shape index (κ2) is 31.1. The molecule has 1 N–H and O–H groups in total. The third-order valence-electron chi connectivity index (χ3n) is 1.66. The number of rotatable bonds is 0. The van der Waals surface area contributed by atoms with E-state index in [0.29, 0.717) is 0 Å². The average molecular weight is 679 g/mol. The van der Waals surface area contributed by atoms with Crippen LogP contribution in [0.4, 0.5) is 0 Å². The van der Waals surface area contributed by atoms with Crippen molar-refractivity contribution in [2.24, 2.45) is 0 Å². The van der Waals surface area contributed by atoms with Crippen molar-refractivity contribution in [1.29, 1.82) is 0 Å². The van der Waals surface area contributed by atoms with Crippen LogP contribution in [0.2, 0.25) is 0 Å². The molecule has 1 heterocycles. The van der Waals surface area contributed by atoms with Gasteiger partial charge in [0.1, 0.15) is 0 Å². The van der Waals surface area contributed by atoms with Crippen molar-refractivity contribution in [3.63, 3.8) is 0 Å². The van der Waals surface area contributed by atoms with Gasteiger partial charge in [-0.2, -0.15) is 49.2 Å². The van der Waals surface area contributed by atoms with Crippen LogP contribution >= 0.6 is 0 Å². The standard InChI is InChI=1S/C6H5.C5H10N.C2H6.CH3.U.V.W/c2*1-2-4-6-5-3-1;1-2;;;;/h1-5H;1,6H,2-5H2;1-2H3;1H3;;;/q2*-1;;-1;;;. The fraction of sp³-hybridized carbons (Fsp3) is 0.429. The van der Waals surface area contributed by atoms with Crippen LogP contribution in [-0.4, -0.2) is 13.1 Å². The summed E-state index contributed by atoms with van der Waals surface area (Å²) in [6.07, 6.45) is 4.86. The molecule has 0 aliphatic carbocycles. The summed E-state index contributed by atoms with van der Waals surface area (Å²) in [6.45, 7) is 6.39. The molecule has 103 valence electrons. The van der Waals surface area contributed by atoms with E-state index in [1.165, 1.54) is 25.9 Å². The molecule has 1 saturated heterocycles. The maximum Gasteiger partial charge on any atom is 0 e. The molecule has 18 heavy (non-hydrogen) atoms. The molecule has 0 aromatic heterocycles. The normalized spacial score (nSPS) is 11.0. The average Bonchev–Trinajstić information content (AvgIpc) is 2.37. The van der Waals surface area contributed by atoms with Crippen molar-refractivity contribution in [2.75, 3.05) is 13.1 Å². The Morgan fingerprint density at radius 3 is 1.56 bits per heavy atom. The molecule has 0 spiro atoms. The second-order valence-electron chi connectivity index (χ2n) is 2.69. The number of nitrogens with one attached hydrogen (secondary N) is 1. The summed E-state index contributed by atoms with van der Waals surface area (Å²) in [7, 11) is 0. The van der Waals surface area contributed by atoms with Gasteiger partial charge in [-0.05, 0) is 13.1 Å². The molecule has 0 atom stereocenters. The van der Waals surface area contributed by atoms with Gasteiger partial charge in [0.25, 0.3) is 0 Å². The van der Waals surface area contributed by atoms with Crippen LogP contribution in [0.3, 0.4) is 0 Å². The van der Waals surface area contributed by atoms with Crippen LogP contribution in [0.15, 0.2) is 30.3 Å². The van der Waals surface area contributed by atoms with E-state index in [4.69, 9.17) is 0 Å². The Labute approximate surface area is 164 Å². The Morgan fingerprint density at radius 2 is 1.44 bits per heavy atom. The Hall–Kier alpha value is 1.50. The molecule has 4 heteroatoms. The largest absolute Gasteiger partial charge is 0.358 e. The van der Waals surface area contributed by atoms with E-state index < -0.39 is 0 Å². The van der Waals surface area contributed by atoms with E-state index in [2.05, 4.69) is 17.8 Å². The van der Waals surface area contributed by atoms with E-state index in [0.717, 1.165) is 0 Å². The molecule has 0 saturated carbocycles. The fourth-order valence-corrected chi connectivity index (χ4v) is 1.02. The van der Waals surface area contributed by atoms with E-state index >= 15 is 0 Å². The van der Waals surface area contributed by atoms with E-state index in [9.17, 15) is 0 Å². The summed E-state index contributed by atoms with van der Waals surface area (Å²) < 4.78 is 0. The molecule has 1 nitrogen and oxygen atoms in total. The van der Waals surface area contributed by atoms with E-state index in [1.807, 2.05) is 44.2 Å². The van der Waals surface area contributed by atoms with Gasteiger partial charge in [0.15, 0.2) is 0 Å². The van der Waals surface area contributed by atoms with Crippen LogP contribution in [0, 0.1) is 51.0 Å². The SMILES string of the molecule is CC.[CH-]1CCNCC1.[CH3-].[U].[V].[W].[c-]1ccccc1. The first-order valence-corrected chi connectivity index (χ1v) is 5.43. The van der Waals surface area contributed by atoms with Crippen molar-refractivity contribution < 1.29 is 70.7 Å². The van der Waals surface area contributed by atoms with Gasteiger partial charge in [0, 0.05) is 70.7 Å². The Kier molecular flexibility index (Phi) is 54.8. The molecule has 1 fully saturated rings. The first kappa shape index (κ1) is 31.7. The van der Waals surface area contributed by atoms with Gasteiger partial charge in [0.2, 0.25) is 0 Å². The summed E-state index contributed by atoms with van der Waals surface area (Å²) >= 11 is 0. The molecule has 2 rings (SSSR count). The molecule has 1 aliphatic rings. The predicted octanol–water partition coefficient (Wildman–Crippen LogP) is 3.53. The zero-order valence-electron chi connectivity index (χ0n) is 11.6. The van der Waals surface area contributed by atoms with Crippen molar-refractivity contribution in [3.05, 3.63) is 50.2 Å². The quantitative estimate of drug-likeness (QED) is 0.415. The van der Waals surface area contributed by atoms with Crippen molar-refractivity contribution >= 4 is 0 Å². The smallest absolute Gasteiger partial charge is 0 e. The summed E-state index contributed by atoms with van der Waals surface area (Å²) in [6, 6.07) is 12.5. The van der Waals surface area contributed by atoms with Gasteiger partial charge in [-0.3, -0.25) is 0 Å². The van der Waals surface area contributed by atoms with Crippen molar-refractivity contribution in [1.82, 2.24) is 5.32 Å². The Morgan fingerprint density at radius 1 is 1.00 bits per heavy atom.